The van der Waals surface area contributed by atoms with Gasteiger partial charge >= 0.3 is 5.97 Å². The Kier molecular flexibility index (Phi) is 7.22. The summed E-state index contributed by atoms with van der Waals surface area (Å²) < 4.78 is 34.6. The first-order chi connectivity index (χ1) is 15.3. The highest BCUT2D eigenvalue weighted by Crippen LogP contribution is 2.46. The van der Waals surface area contributed by atoms with E-state index in [9.17, 15) is 14.0 Å². The van der Waals surface area contributed by atoms with Crippen molar-refractivity contribution in [3.63, 3.8) is 0 Å². The second kappa shape index (κ2) is 9.89. The van der Waals surface area contributed by atoms with Gasteiger partial charge in [0, 0.05) is 24.1 Å². The second-order valence-electron chi connectivity index (χ2n) is 8.04. The minimum Gasteiger partial charge on any atom is -0.493 e. The average Bonchev–Trinajstić information content (AvgIpc) is 3.18. The van der Waals surface area contributed by atoms with Gasteiger partial charge in [-0.15, -0.1) is 0 Å². The van der Waals surface area contributed by atoms with Crippen LogP contribution in [0.25, 0.3) is 11.1 Å². The third-order valence-electron chi connectivity index (χ3n) is 5.28. The van der Waals surface area contributed by atoms with Crippen LogP contribution in [0.15, 0.2) is 30.3 Å². The summed E-state index contributed by atoms with van der Waals surface area (Å²) >= 11 is 0. The molecule has 1 heterocycles. The highest BCUT2D eigenvalue weighted by Gasteiger charge is 2.32. The molecular formula is C24H28FNO6. The molecule has 2 aromatic rings. The maximum absolute atomic E-state index is 12.5. The molecule has 172 valence electrons. The maximum Gasteiger partial charge on any atom is 0.314 e. The normalized spacial score (nSPS) is 12.7. The number of carbonyl (C=O) groups excluding carboxylic acids is 2. The Morgan fingerprint density at radius 2 is 1.81 bits per heavy atom. The minimum atomic E-state index is -0.988. The Morgan fingerprint density at radius 3 is 2.50 bits per heavy atom. The highest BCUT2D eigenvalue weighted by molar-refractivity contribution is 6.01. The van der Waals surface area contributed by atoms with E-state index in [-0.39, 0.29) is 25.5 Å². The van der Waals surface area contributed by atoms with E-state index in [2.05, 4.69) is 5.32 Å². The van der Waals surface area contributed by atoms with Gasteiger partial charge in [-0.1, -0.05) is 12.1 Å². The number of carbonyl (C=O) groups is 2. The number of hydrogen-bond acceptors (Lipinski definition) is 6. The van der Waals surface area contributed by atoms with Crippen molar-refractivity contribution in [2.45, 2.75) is 26.8 Å². The molecule has 0 aliphatic carbocycles. The van der Waals surface area contributed by atoms with E-state index in [1.165, 1.54) is 14.2 Å². The van der Waals surface area contributed by atoms with Gasteiger partial charge in [-0.05, 0) is 43.2 Å². The number of hydrogen-bond donors (Lipinski definition) is 1. The molecule has 32 heavy (non-hydrogen) atoms. The molecule has 0 atom stereocenters. The molecule has 2 aromatic carbocycles. The van der Waals surface area contributed by atoms with Crippen molar-refractivity contribution in [1.29, 1.82) is 0 Å². The van der Waals surface area contributed by atoms with Crippen molar-refractivity contribution in [1.82, 2.24) is 5.32 Å². The fraction of sp³-hybridized carbons (Fsp3) is 0.417. The van der Waals surface area contributed by atoms with E-state index in [1.807, 2.05) is 18.2 Å². The van der Waals surface area contributed by atoms with Gasteiger partial charge in [-0.2, -0.15) is 0 Å². The molecule has 0 spiro atoms. The largest absolute Gasteiger partial charge is 0.493 e. The minimum absolute atomic E-state index is 0.00973. The van der Waals surface area contributed by atoms with Crippen LogP contribution in [0.2, 0.25) is 0 Å². The maximum atomic E-state index is 12.5. The SMILES string of the molecule is COc1ccc(-c2cccc3c2CNC3=O)c(OCC(C)(C)C(=O)OCCCF)c1OC. The van der Waals surface area contributed by atoms with E-state index >= 15 is 0 Å². The molecule has 1 N–H and O–H groups in total. The first kappa shape index (κ1) is 23.4. The first-order valence-corrected chi connectivity index (χ1v) is 10.4. The lowest BCUT2D eigenvalue weighted by molar-refractivity contribution is -0.155. The van der Waals surface area contributed by atoms with Crippen molar-refractivity contribution in [2.24, 2.45) is 5.41 Å². The number of nitrogens with one attached hydrogen (secondary N) is 1. The van der Waals surface area contributed by atoms with Crippen LogP contribution < -0.4 is 19.5 Å². The van der Waals surface area contributed by atoms with E-state index in [0.29, 0.717) is 34.9 Å². The van der Waals surface area contributed by atoms with Crippen LogP contribution >= 0.6 is 0 Å². The number of esters is 1. The number of amides is 1. The number of rotatable bonds is 10. The summed E-state index contributed by atoms with van der Waals surface area (Å²) in [6, 6.07) is 9.09. The summed E-state index contributed by atoms with van der Waals surface area (Å²) in [5, 5.41) is 2.84. The zero-order valence-corrected chi connectivity index (χ0v) is 18.7. The lowest BCUT2D eigenvalue weighted by Gasteiger charge is -2.25. The van der Waals surface area contributed by atoms with E-state index in [1.54, 1.807) is 26.0 Å². The topological polar surface area (TPSA) is 83.1 Å². The van der Waals surface area contributed by atoms with Crippen molar-refractivity contribution < 1.29 is 32.9 Å². The molecule has 1 aliphatic rings. The van der Waals surface area contributed by atoms with Gasteiger partial charge in [0.25, 0.3) is 5.91 Å². The number of methoxy groups -OCH3 is 2. The molecule has 0 saturated heterocycles. The molecule has 0 aromatic heterocycles. The quantitative estimate of drug-likeness (QED) is 0.441. The molecular weight excluding hydrogens is 417 g/mol. The van der Waals surface area contributed by atoms with Crippen LogP contribution in [0, 0.1) is 5.41 Å². The Hall–Kier alpha value is -3.29. The molecule has 8 heteroatoms. The summed E-state index contributed by atoms with van der Waals surface area (Å²) in [4.78, 5) is 24.6. The number of fused-ring (bicyclic) bond motifs is 1. The van der Waals surface area contributed by atoms with Crippen LogP contribution in [-0.4, -0.2) is 46.0 Å². The molecule has 0 fully saturated rings. The third kappa shape index (κ3) is 4.64. The van der Waals surface area contributed by atoms with Gasteiger partial charge in [0.2, 0.25) is 5.75 Å². The van der Waals surface area contributed by atoms with Crippen LogP contribution in [-0.2, 0) is 16.1 Å². The van der Waals surface area contributed by atoms with Crippen LogP contribution in [0.1, 0.15) is 36.2 Å². The third-order valence-corrected chi connectivity index (χ3v) is 5.28. The zero-order chi connectivity index (χ0) is 23.3. The summed E-state index contributed by atoms with van der Waals surface area (Å²) in [5.41, 5.74) is 2.01. The van der Waals surface area contributed by atoms with Crippen molar-refractivity contribution in [3.8, 4) is 28.4 Å². The lowest BCUT2D eigenvalue weighted by Crippen LogP contribution is -2.33. The van der Waals surface area contributed by atoms with Crippen LogP contribution in [0.4, 0.5) is 4.39 Å². The van der Waals surface area contributed by atoms with Gasteiger partial charge in [0.15, 0.2) is 11.5 Å². The van der Waals surface area contributed by atoms with Crippen molar-refractivity contribution in [2.75, 3.05) is 34.1 Å². The average molecular weight is 445 g/mol. The van der Waals surface area contributed by atoms with Crippen molar-refractivity contribution in [3.05, 3.63) is 41.5 Å². The molecule has 0 saturated carbocycles. The van der Waals surface area contributed by atoms with Gasteiger partial charge in [0.05, 0.1) is 32.9 Å². The lowest BCUT2D eigenvalue weighted by atomic mass is 9.94. The molecule has 0 unspecified atom stereocenters. The predicted molar refractivity (Wildman–Crippen MR) is 117 cm³/mol. The molecule has 1 amide bonds. The van der Waals surface area contributed by atoms with Crippen LogP contribution in [0.5, 0.6) is 17.2 Å². The number of alkyl halides is 1. The summed E-state index contributed by atoms with van der Waals surface area (Å²) in [6.45, 7) is 3.26. The number of benzene rings is 2. The van der Waals surface area contributed by atoms with E-state index in [4.69, 9.17) is 18.9 Å². The fourth-order valence-electron chi connectivity index (χ4n) is 3.49. The Morgan fingerprint density at radius 1 is 1.06 bits per heavy atom. The summed E-state index contributed by atoms with van der Waals surface area (Å²) in [7, 11) is 3.03. The Balaban J connectivity index is 1.98. The number of halogens is 1. The highest BCUT2D eigenvalue weighted by atomic mass is 19.1. The number of ether oxygens (including phenoxy) is 4. The van der Waals surface area contributed by atoms with E-state index in [0.717, 1.165) is 11.1 Å². The van der Waals surface area contributed by atoms with Crippen molar-refractivity contribution >= 4 is 11.9 Å². The molecule has 7 nitrogen and oxygen atoms in total. The first-order valence-electron chi connectivity index (χ1n) is 10.4. The standard InChI is InChI=1S/C24H28FNO6/c1-24(2,23(28)31-12-6-11-25)14-32-20-16(9-10-19(29-3)21(20)30-4)15-7-5-8-17-18(15)13-26-22(17)27/h5,7-10H,6,11-14H2,1-4H3,(H,26,27). The molecule has 1 aliphatic heterocycles. The van der Waals surface area contributed by atoms with Gasteiger partial charge in [-0.3, -0.25) is 14.0 Å². The summed E-state index contributed by atoms with van der Waals surface area (Å²) in [5.74, 6) is 0.633. The van der Waals surface area contributed by atoms with Gasteiger partial charge in [0.1, 0.15) is 6.61 Å². The van der Waals surface area contributed by atoms with Crippen LogP contribution in [0.3, 0.4) is 0 Å². The fourth-order valence-corrected chi connectivity index (χ4v) is 3.49. The monoisotopic (exact) mass is 445 g/mol. The molecule has 0 radical (unpaired) electrons. The Bertz CT molecular complexity index is 1000. The predicted octanol–water partition coefficient (Wildman–Crippen LogP) is 3.92. The molecule has 3 rings (SSSR count). The van der Waals surface area contributed by atoms with Gasteiger partial charge < -0.3 is 24.3 Å². The second-order valence-corrected chi connectivity index (χ2v) is 8.04. The van der Waals surface area contributed by atoms with E-state index < -0.39 is 18.1 Å². The van der Waals surface area contributed by atoms with Gasteiger partial charge in [-0.25, -0.2) is 0 Å². The zero-order valence-electron chi connectivity index (χ0n) is 18.7. The molecule has 0 bridgehead atoms. The summed E-state index contributed by atoms with van der Waals surface area (Å²) in [6.07, 6.45) is 0.155. The Labute approximate surface area is 186 Å². The smallest absolute Gasteiger partial charge is 0.314 e.